The summed E-state index contributed by atoms with van der Waals surface area (Å²) in [6.45, 7) is 8.50. The lowest BCUT2D eigenvalue weighted by Crippen LogP contribution is -2.25. The second kappa shape index (κ2) is 9.11. The summed E-state index contributed by atoms with van der Waals surface area (Å²) in [4.78, 5) is 17.3. The smallest absolute Gasteiger partial charge is 0.262 e. The minimum absolute atomic E-state index is 0.0310. The Bertz CT molecular complexity index is 1520. The molecule has 0 bridgehead atoms. The molecule has 0 spiro atoms. The molecular weight excluding hydrogens is 444 g/mol. The molecule has 4 aromatic rings. The first-order chi connectivity index (χ1) is 16.5. The first-order valence-electron chi connectivity index (χ1n) is 11.0. The average Bonchev–Trinajstić information content (AvgIpc) is 3.24. The third-order valence-electron chi connectivity index (χ3n) is 5.51. The highest BCUT2D eigenvalue weighted by Gasteiger charge is 2.18. The molecule has 7 heteroatoms. The van der Waals surface area contributed by atoms with Crippen molar-refractivity contribution in [2.45, 2.75) is 13.8 Å². The molecule has 5 rings (SSSR count). The zero-order valence-electron chi connectivity index (χ0n) is 19.0. The van der Waals surface area contributed by atoms with E-state index in [1.165, 1.54) is 16.7 Å². The number of fused-ring (bicyclic) bond motifs is 2. The van der Waals surface area contributed by atoms with E-state index in [9.17, 15) is 4.79 Å². The normalized spacial score (nSPS) is 14.0. The Kier molecular flexibility index (Phi) is 5.86. The van der Waals surface area contributed by atoms with E-state index >= 15 is 0 Å². The Morgan fingerprint density at radius 2 is 1.97 bits per heavy atom. The number of carbonyl (C=O) groups is 1. The molecule has 2 heterocycles. The van der Waals surface area contributed by atoms with Gasteiger partial charge in [-0.05, 0) is 42.8 Å². The predicted octanol–water partition coefficient (Wildman–Crippen LogP) is 5.45. The Morgan fingerprint density at radius 3 is 2.82 bits per heavy atom. The number of amides is 1. The molecule has 170 valence electrons. The highest BCUT2D eigenvalue weighted by Crippen LogP contribution is 2.33. The first kappa shape index (κ1) is 21.9. The van der Waals surface area contributed by atoms with E-state index in [1.807, 2.05) is 54.2 Å². The molecule has 0 atom stereocenters. The number of carbonyl (C=O) groups excluding carboxylic acids is 1. The summed E-state index contributed by atoms with van der Waals surface area (Å²) >= 11 is 1.52. The second-order valence-electron chi connectivity index (χ2n) is 8.25. The number of hydrogen-bond donors (Lipinski definition) is 1. The van der Waals surface area contributed by atoms with E-state index in [0.29, 0.717) is 18.0 Å². The van der Waals surface area contributed by atoms with E-state index in [-0.39, 0.29) is 12.5 Å². The number of aromatic nitrogens is 1. The van der Waals surface area contributed by atoms with Gasteiger partial charge in [0.05, 0.1) is 23.6 Å². The van der Waals surface area contributed by atoms with E-state index in [0.717, 1.165) is 38.3 Å². The van der Waals surface area contributed by atoms with Gasteiger partial charge in [-0.25, -0.2) is 4.68 Å². The van der Waals surface area contributed by atoms with Crippen LogP contribution in [-0.2, 0) is 4.79 Å². The molecule has 3 aromatic carbocycles. The second-order valence-corrected chi connectivity index (χ2v) is 9.09. The summed E-state index contributed by atoms with van der Waals surface area (Å²) in [6, 6.07) is 20.3. The molecular formula is C27H24N4O2S. The van der Waals surface area contributed by atoms with Crippen LogP contribution in [0.1, 0.15) is 19.4 Å². The number of rotatable bonds is 5. The minimum atomic E-state index is -0.162. The van der Waals surface area contributed by atoms with Crippen LogP contribution in [0.5, 0.6) is 5.75 Å². The van der Waals surface area contributed by atoms with E-state index < -0.39 is 0 Å². The number of hydrogen-bond acceptors (Lipinski definition) is 5. The third kappa shape index (κ3) is 4.30. The predicted molar refractivity (Wildman–Crippen MR) is 139 cm³/mol. The lowest BCUT2D eigenvalue weighted by atomic mass is 10.0. The van der Waals surface area contributed by atoms with Gasteiger partial charge in [0, 0.05) is 16.5 Å². The van der Waals surface area contributed by atoms with Crippen LogP contribution in [-0.4, -0.2) is 29.4 Å². The summed E-state index contributed by atoms with van der Waals surface area (Å²) in [5.74, 6) is 0.498. The molecule has 1 amide bonds. The van der Waals surface area contributed by atoms with Crippen molar-refractivity contribution >= 4 is 39.4 Å². The summed E-state index contributed by atoms with van der Waals surface area (Å²) in [7, 11) is 0. The summed E-state index contributed by atoms with van der Waals surface area (Å²) in [6.07, 6.45) is 0. The number of anilines is 1. The number of nitrogens with one attached hydrogen (secondary N) is 1. The molecule has 0 saturated carbocycles. The molecule has 0 radical (unpaired) electrons. The van der Waals surface area contributed by atoms with Crippen LogP contribution >= 0.6 is 11.3 Å². The van der Waals surface area contributed by atoms with E-state index in [2.05, 4.69) is 42.2 Å². The summed E-state index contributed by atoms with van der Waals surface area (Å²) in [5, 5.41) is 12.3. The van der Waals surface area contributed by atoms with Crippen molar-refractivity contribution in [3.8, 4) is 17.0 Å². The standard InChI is InChI=1S/C27H24N4O2S/c1-17(2)14-28-27-31(30-18(3)21-10-6-8-19-7-4-5-9-22(19)21)24(16-34-27)20-11-12-25-23(13-20)29-26(32)15-33-25/h4-13,16H,1,14-15H2,2-3H3,(H,29,32). The van der Waals surface area contributed by atoms with Crippen molar-refractivity contribution < 1.29 is 9.53 Å². The molecule has 1 aromatic heterocycles. The van der Waals surface area contributed by atoms with Crippen molar-refractivity contribution in [3.63, 3.8) is 0 Å². The molecule has 0 fully saturated rings. The SMILES string of the molecule is C=C(C)CN=c1scc(-c2ccc3c(c2)NC(=O)CO3)n1N=C(C)c1cccc2ccccc12. The van der Waals surface area contributed by atoms with Crippen LogP contribution in [0.15, 0.2) is 88.3 Å². The lowest BCUT2D eigenvalue weighted by Gasteiger charge is -2.18. The van der Waals surface area contributed by atoms with Crippen molar-refractivity contribution in [1.29, 1.82) is 0 Å². The van der Waals surface area contributed by atoms with Crippen LogP contribution in [0.4, 0.5) is 5.69 Å². The maximum atomic E-state index is 11.8. The highest BCUT2D eigenvalue weighted by molar-refractivity contribution is 7.07. The van der Waals surface area contributed by atoms with Crippen LogP contribution in [0, 0.1) is 0 Å². The van der Waals surface area contributed by atoms with Gasteiger partial charge in [-0.2, -0.15) is 5.10 Å². The van der Waals surface area contributed by atoms with Gasteiger partial charge in [-0.15, -0.1) is 11.3 Å². The molecule has 1 N–H and O–H groups in total. The van der Waals surface area contributed by atoms with Gasteiger partial charge in [0.15, 0.2) is 6.61 Å². The Labute approximate surface area is 201 Å². The van der Waals surface area contributed by atoms with Crippen LogP contribution in [0.25, 0.3) is 22.0 Å². The van der Waals surface area contributed by atoms with E-state index in [4.69, 9.17) is 14.8 Å². The molecule has 1 aliphatic heterocycles. The van der Waals surface area contributed by atoms with Gasteiger partial charge in [0.1, 0.15) is 5.75 Å². The molecule has 0 aliphatic carbocycles. The summed E-state index contributed by atoms with van der Waals surface area (Å²) in [5.41, 5.74) is 5.37. The molecule has 1 aliphatic rings. The topological polar surface area (TPSA) is 68.0 Å². The zero-order valence-corrected chi connectivity index (χ0v) is 19.9. The van der Waals surface area contributed by atoms with Gasteiger partial charge in [0.25, 0.3) is 5.91 Å². The molecule has 0 unspecified atom stereocenters. The monoisotopic (exact) mass is 468 g/mol. The largest absolute Gasteiger partial charge is 0.482 e. The number of nitrogens with zero attached hydrogens (tertiary/aromatic N) is 3. The Balaban J connectivity index is 1.66. The van der Waals surface area contributed by atoms with Crippen LogP contribution < -0.4 is 14.9 Å². The average molecular weight is 469 g/mol. The number of ether oxygens (including phenoxy) is 1. The zero-order chi connectivity index (χ0) is 23.7. The van der Waals surface area contributed by atoms with Crippen molar-refractivity contribution in [1.82, 2.24) is 4.68 Å². The quantitative estimate of drug-likeness (QED) is 0.313. The maximum absolute atomic E-state index is 11.8. The fraction of sp³-hybridized carbons (Fsp3) is 0.148. The fourth-order valence-electron chi connectivity index (χ4n) is 3.89. The fourth-order valence-corrected chi connectivity index (χ4v) is 4.72. The van der Waals surface area contributed by atoms with Crippen molar-refractivity contribution in [2.75, 3.05) is 18.5 Å². The van der Waals surface area contributed by atoms with E-state index in [1.54, 1.807) is 0 Å². The molecule has 6 nitrogen and oxygen atoms in total. The number of benzene rings is 3. The van der Waals surface area contributed by atoms with Crippen LogP contribution in [0.3, 0.4) is 0 Å². The minimum Gasteiger partial charge on any atom is -0.482 e. The molecule has 34 heavy (non-hydrogen) atoms. The van der Waals surface area contributed by atoms with Gasteiger partial charge >= 0.3 is 0 Å². The third-order valence-corrected chi connectivity index (χ3v) is 6.36. The van der Waals surface area contributed by atoms with Gasteiger partial charge in [-0.3, -0.25) is 9.79 Å². The van der Waals surface area contributed by atoms with Gasteiger partial charge in [0.2, 0.25) is 4.80 Å². The lowest BCUT2D eigenvalue weighted by molar-refractivity contribution is -0.118. The van der Waals surface area contributed by atoms with Crippen molar-refractivity contribution in [2.24, 2.45) is 10.1 Å². The van der Waals surface area contributed by atoms with Gasteiger partial charge in [-0.1, -0.05) is 54.6 Å². The maximum Gasteiger partial charge on any atom is 0.262 e. The highest BCUT2D eigenvalue weighted by atomic mass is 32.1. The molecule has 0 saturated heterocycles. The van der Waals surface area contributed by atoms with Gasteiger partial charge < -0.3 is 10.1 Å². The summed E-state index contributed by atoms with van der Waals surface area (Å²) < 4.78 is 7.39. The van der Waals surface area contributed by atoms with Crippen molar-refractivity contribution in [3.05, 3.63) is 88.6 Å². The number of thiazole rings is 1. The van der Waals surface area contributed by atoms with Crippen LogP contribution in [0.2, 0.25) is 0 Å². The first-order valence-corrected chi connectivity index (χ1v) is 11.8. The Morgan fingerprint density at radius 1 is 1.15 bits per heavy atom. The Hall–Kier alpha value is -3.97.